The summed E-state index contributed by atoms with van der Waals surface area (Å²) < 4.78 is 0. The van der Waals surface area contributed by atoms with Crippen molar-refractivity contribution in [3.8, 4) is 0 Å². The Labute approximate surface area is 136 Å². The molecule has 0 aliphatic carbocycles. The summed E-state index contributed by atoms with van der Waals surface area (Å²) in [6.07, 6.45) is 0. The van der Waals surface area contributed by atoms with E-state index in [0.29, 0.717) is 0 Å². The molecule has 1 rings (SSSR count). The van der Waals surface area contributed by atoms with Gasteiger partial charge in [0.15, 0.2) is 0 Å². The smallest absolute Gasteiger partial charge is 0.323 e. The van der Waals surface area contributed by atoms with Crippen LogP contribution in [0.2, 0.25) is 0 Å². The molecule has 1 aliphatic heterocycles. The molecule has 1 saturated heterocycles. The summed E-state index contributed by atoms with van der Waals surface area (Å²) in [5, 5.41) is 22.2. The fourth-order valence-corrected chi connectivity index (χ4v) is 3.01. The van der Waals surface area contributed by atoms with Crippen molar-refractivity contribution in [2.45, 2.75) is 30.8 Å². The number of amides is 3. The van der Waals surface area contributed by atoms with Crippen LogP contribution >= 0.6 is 11.8 Å². The number of hydrogen-bond acceptors (Lipinski definition) is 6. The number of rotatable bonds is 6. The van der Waals surface area contributed by atoms with Crippen molar-refractivity contribution in [3.63, 3.8) is 0 Å². The molecule has 1 heterocycles. The molecule has 0 radical (unpaired) electrons. The number of nitrogens with two attached hydrogens (primary N) is 1. The Morgan fingerprint density at radius 1 is 1.43 bits per heavy atom. The summed E-state index contributed by atoms with van der Waals surface area (Å²) in [5.74, 6) is -2.64. The van der Waals surface area contributed by atoms with Gasteiger partial charge in [0.2, 0.25) is 5.91 Å². The van der Waals surface area contributed by atoms with Crippen molar-refractivity contribution >= 4 is 35.6 Å². The summed E-state index contributed by atoms with van der Waals surface area (Å²) in [4.78, 5) is 46.0. The quantitative estimate of drug-likeness (QED) is 0.386. The standard InChI is InChI=1S/C12H20N4O6S/c1-12(2)16(4-8(17)18)9(19)7(5-23-12)15-11(22)14-3-6(13)10(20)21/h6-7H,3-5,13H2,1-2H3,(H,17,18)(H,20,21)(H2,14,15,22)/t6-,7-/m0/s1. The molecule has 0 aromatic rings. The van der Waals surface area contributed by atoms with Crippen LogP contribution in [0.15, 0.2) is 0 Å². The molecule has 130 valence electrons. The number of carboxylic acids is 2. The maximum Gasteiger partial charge on any atom is 0.323 e. The first-order chi connectivity index (χ1) is 10.5. The second-order valence-corrected chi connectivity index (χ2v) is 7.05. The van der Waals surface area contributed by atoms with Crippen LogP contribution in [0.25, 0.3) is 0 Å². The Bertz CT molecular complexity index is 512. The molecule has 0 spiro atoms. The number of carbonyl (C=O) groups is 4. The van der Waals surface area contributed by atoms with E-state index in [9.17, 15) is 19.2 Å². The van der Waals surface area contributed by atoms with Crippen LogP contribution in [0, 0.1) is 0 Å². The van der Waals surface area contributed by atoms with Gasteiger partial charge in [-0.15, -0.1) is 11.8 Å². The molecular formula is C12H20N4O6S. The number of nitrogens with one attached hydrogen (secondary N) is 2. The largest absolute Gasteiger partial charge is 0.480 e. The van der Waals surface area contributed by atoms with Gasteiger partial charge in [0.1, 0.15) is 18.6 Å². The lowest BCUT2D eigenvalue weighted by Crippen LogP contribution is -2.62. The van der Waals surface area contributed by atoms with Gasteiger partial charge in [-0.05, 0) is 13.8 Å². The normalized spacial score (nSPS) is 21.4. The van der Waals surface area contributed by atoms with Crippen LogP contribution < -0.4 is 16.4 Å². The van der Waals surface area contributed by atoms with Crippen molar-refractivity contribution in [1.29, 1.82) is 0 Å². The molecule has 0 bridgehead atoms. The van der Waals surface area contributed by atoms with Crippen molar-refractivity contribution in [2.75, 3.05) is 18.8 Å². The van der Waals surface area contributed by atoms with Gasteiger partial charge in [-0.2, -0.15) is 0 Å². The predicted molar refractivity (Wildman–Crippen MR) is 81.8 cm³/mol. The molecule has 0 unspecified atom stereocenters. The Balaban J connectivity index is 2.63. The lowest BCUT2D eigenvalue weighted by molar-refractivity contribution is -0.147. The summed E-state index contributed by atoms with van der Waals surface area (Å²) >= 11 is 1.33. The van der Waals surface area contributed by atoms with Gasteiger partial charge in [0, 0.05) is 12.3 Å². The minimum Gasteiger partial charge on any atom is -0.480 e. The fourth-order valence-electron chi connectivity index (χ4n) is 1.90. The van der Waals surface area contributed by atoms with Crippen LogP contribution in [0.5, 0.6) is 0 Å². The Hall–Kier alpha value is -2.01. The molecule has 0 aromatic heterocycles. The maximum absolute atomic E-state index is 12.3. The van der Waals surface area contributed by atoms with Crippen LogP contribution in [0.1, 0.15) is 13.8 Å². The predicted octanol–water partition coefficient (Wildman–Crippen LogP) is -1.54. The minimum atomic E-state index is -1.26. The van der Waals surface area contributed by atoms with E-state index in [1.807, 2.05) is 0 Å². The second-order valence-electron chi connectivity index (χ2n) is 5.43. The highest BCUT2D eigenvalue weighted by atomic mass is 32.2. The van der Waals surface area contributed by atoms with Crippen molar-refractivity contribution in [2.24, 2.45) is 5.73 Å². The van der Waals surface area contributed by atoms with Crippen LogP contribution in [-0.2, 0) is 14.4 Å². The van der Waals surface area contributed by atoms with Crippen molar-refractivity contribution in [3.05, 3.63) is 0 Å². The monoisotopic (exact) mass is 348 g/mol. The number of thioether (sulfide) groups is 1. The topological polar surface area (TPSA) is 162 Å². The SMILES string of the molecule is CC1(C)SC[C@H](NC(=O)NC[C@H](N)C(=O)O)C(=O)N1CC(=O)O. The lowest BCUT2D eigenvalue weighted by Gasteiger charge is -2.43. The summed E-state index contributed by atoms with van der Waals surface area (Å²) in [6.45, 7) is 2.68. The van der Waals surface area contributed by atoms with Gasteiger partial charge in [-0.3, -0.25) is 14.4 Å². The molecule has 10 nitrogen and oxygen atoms in total. The van der Waals surface area contributed by atoms with Crippen LogP contribution in [0.3, 0.4) is 0 Å². The molecule has 3 amide bonds. The van der Waals surface area contributed by atoms with E-state index in [1.165, 1.54) is 16.7 Å². The summed E-state index contributed by atoms with van der Waals surface area (Å²) in [5.41, 5.74) is 5.25. The van der Waals surface area contributed by atoms with E-state index in [0.717, 1.165) is 0 Å². The Kier molecular flexibility index (Phi) is 6.21. The van der Waals surface area contributed by atoms with Gasteiger partial charge < -0.3 is 31.5 Å². The molecule has 1 aliphatic rings. The number of nitrogens with zero attached hydrogens (tertiary/aromatic N) is 1. The number of hydrogen-bond donors (Lipinski definition) is 5. The summed E-state index contributed by atoms with van der Waals surface area (Å²) in [6, 6.07) is -2.89. The minimum absolute atomic E-state index is 0.278. The number of carbonyl (C=O) groups excluding carboxylic acids is 2. The molecule has 11 heteroatoms. The highest BCUT2D eigenvalue weighted by molar-refractivity contribution is 8.00. The molecule has 23 heavy (non-hydrogen) atoms. The fraction of sp³-hybridized carbons (Fsp3) is 0.667. The highest BCUT2D eigenvalue weighted by Gasteiger charge is 2.42. The Morgan fingerprint density at radius 3 is 2.57 bits per heavy atom. The van der Waals surface area contributed by atoms with Crippen molar-refractivity contribution < 1.29 is 29.4 Å². The van der Waals surface area contributed by atoms with E-state index in [4.69, 9.17) is 15.9 Å². The highest BCUT2D eigenvalue weighted by Crippen LogP contribution is 2.34. The Morgan fingerprint density at radius 2 is 2.04 bits per heavy atom. The number of carboxylic acid groups (broad SMARTS) is 2. The van der Waals surface area contributed by atoms with Gasteiger partial charge in [-0.1, -0.05) is 0 Å². The van der Waals surface area contributed by atoms with Crippen LogP contribution in [-0.4, -0.2) is 74.8 Å². The van der Waals surface area contributed by atoms with E-state index < -0.39 is 47.4 Å². The van der Waals surface area contributed by atoms with E-state index in [1.54, 1.807) is 13.8 Å². The molecule has 0 saturated carbocycles. The lowest BCUT2D eigenvalue weighted by atomic mass is 10.2. The molecule has 6 N–H and O–H groups in total. The van der Waals surface area contributed by atoms with E-state index in [-0.39, 0.29) is 12.3 Å². The molecular weight excluding hydrogens is 328 g/mol. The van der Waals surface area contributed by atoms with Gasteiger partial charge >= 0.3 is 18.0 Å². The van der Waals surface area contributed by atoms with Gasteiger partial charge in [0.05, 0.1) is 4.87 Å². The zero-order valence-electron chi connectivity index (χ0n) is 12.7. The molecule has 0 aromatic carbocycles. The average Bonchev–Trinajstić information content (AvgIpc) is 2.44. The van der Waals surface area contributed by atoms with E-state index in [2.05, 4.69) is 10.6 Å². The van der Waals surface area contributed by atoms with Gasteiger partial charge in [-0.25, -0.2) is 4.79 Å². The van der Waals surface area contributed by atoms with Crippen molar-refractivity contribution in [1.82, 2.24) is 15.5 Å². The maximum atomic E-state index is 12.3. The van der Waals surface area contributed by atoms with E-state index >= 15 is 0 Å². The third-order valence-electron chi connectivity index (χ3n) is 3.22. The zero-order chi connectivity index (χ0) is 17.8. The summed E-state index contributed by atoms with van der Waals surface area (Å²) in [7, 11) is 0. The number of aliphatic carboxylic acids is 2. The first kappa shape index (κ1) is 19.0. The molecule has 1 fully saturated rings. The molecule has 2 atom stereocenters. The first-order valence-electron chi connectivity index (χ1n) is 6.74. The van der Waals surface area contributed by atoms with Gasteiger partial charge in [0.25, 0.3) is 0 Å². The third kappa shape index (κ3) is 5.28. The van der Waals surface area contributed by atoms with Crippen LogP contribution in [0.4, 0.5) is 4.79 Å². The number of urea groups is 1. The second kappa shape index (κ2) is 7.51. The first-order valence-corrected chi connectivity index (χ1v) is 7.73. The third-order valence-corrected chi connectivity index (χ3v) is 4.64. The zero-order valence-corrected chi connectivity index (χ0v) is 13.6. The average molecular weight is 348 g/mol.